The summed E-state index contributed by atoms with van der Waals surface area (Å²) in [6.07, 6.45) is 0.0870. The molecule has 0 saturated carbocycles. The third-order valence-electron chi connectivity index (χ3n) is 2.60. The first-order valence-corrected chi connectivity index (χ1v) is 5.54. The van der Waals surface area contributed by atoms with Crippen LogP contribution in [0.1, 0.15) is 24.2 Å². The molecule has 0 aliphatic rings. The molecule has 0 aliphatic heterocycles. The van der Waals surface area contributed by atoms with Gasteiger partial charge in [0.15, 0.2) is 0 Å². The van der Waals surface area contributed by atoms with Gasteiger partial charge in [-0.25, -0.2) is 0 Å². The second-order valence-electron chi connectivity index (χ2n) is 3.98. The Kier molecular flexibility index (Phi) is 3.25. The Bertz CT molecular complexity index is 431. The molecule has 1 nitrogen and oxygen atoms in total. The molecule has 1 unspecified atom stereocenters. The largest absolute Gasteiger partial charge is 0.486 e. The number of aryl methyl sites for hydroxylation is 1. The molecule has 0 radical (unpaired) electrons. The van der Waals surface area contributed by atoms with Crippen LogP contribution in [-0.4, -0.2) is 0 Å². The van der Waals surface area contributed by atoms with Crippen molar-refractivity contribution in [3.8, 4) is 5.75 Å². The van der Waals surface area contributed by atoms with E-state index in [1.54, 1.807) is 0 Å². The van der Waals surface area contributed by atoms with Gasteiger partial charge in [-0.3, -0.25) is 0 Å². The summed E-state index contributed by atoms with van der Waals surface area (Å²) in [7, 11) is 0. The highest BCUT2D eigenvalue weighted by Gasteiger charge is 2.05. The molecule has 2 aromatic rings. The van der Waals surface area contributed by atoms with Gasteiger partial charge in [-0.15, -0.1) is 0 Å². The van der Waals surface area contributed by atoms with Crippen molar-refractivity contribution < 1.29 is 4.74 Å². The summed E-state index contributed by atoms with van der Waals surface area (Å²) in [6.45, 7) is 4.14. The zero-order chi connectivity index (χ0) is 11.4. The van der Waals surface area contributed by atoms with E-state index in [1.165, 1.54) is 11.1 Å². The van der Waals surface area contributed by atoms with Crippen LogP contribution in [0.15, 0.2) is 54.6 Å². The second-order valence-corrected chi connectivity index (χ2v) is 3.98. The van der Waals surface area contributed by atoms with Crippen molar-refractivity contribution in [3.63, 3.8) is 0 Å². The average Bonchev–Trinajstić information content (AvgIpc) is 2.33. The minimum atomic E-state index is 0.0870. The molecule has 16 heavy (non-hydrogen) atoms. The van der Waals surface area contributed by atoms with Crippen LogP contribution < -0.4 is 4.74 Å². The SMILES string of the molecule is Cc1ccc(OC(C)c2ccccc2)cc1. The maximum atomic E-state index is 5.86. The zero-order valence-electron chi connectivity index (χ0n) is 9.68. The highest BCUT2D eigenvalue weighted by Crippen LogP contribution is 2.21. The Hall–Kier alpha value is -1.76. The van der Waals surface area contributed by atoms with E-state index < -0.39 is 0 Å². The van der Waals surface area contributed by atoms with Gasteiger partial charge in [-0.05, 0) is 31.5 Å². The van der Waals surface area contributed by atoms with Crippen LogP contribution in [0.25, 0.3) is 0 Å². The molecule has 0 heterocycles. The van der Waals surface area contributed by atoms with Gasteiger partial charge in [0.25, 0.3) is 0 Å². The standard InChI is InChI=1S/C15H16O/c1-12-8-10-15(11-9-12)16-13(2)14-6-4-3-5-7-14/h3-11,13H,1-2H3. The monoisotopic (exact) mass is 212 g/mol. The fourth-order valence-corrected chi connectivity index (χ4v) is 1.61. The molecule has 0 bridgehead atoms. The Morgan fingerprint density at radius 1 is 0.875 bits per heavy atom. The molecule has 0 fully saturated rings. The highest BCUT2D eigenvalue weighted by molar-refractivity contribution is 5.27. The Morgan fingerprint density at radius 3 is 2.12 bits per heavy atom. The van der Waals surface area contributed by atoms with E-state index in [1.807, 2.05) is 30.3 Å². The van der Waals surface area contributed by atoms with E-state index in [-0.39, 0.29) is 6.10 Å². The quantitative estimate of drug-likeness (QED) is 0.743. The van der Waals surface area contributed by atoms with Crippen molar-refractivity contribution in [2.24, 2.45) is 0 Å². The van der Waals surface area contributed by atoms with E-state index in [0.717, 1.165) is 5.75 Å². The maximum Gasteiger partial charge on any atom is 0.121 e. The van der Waals surface area contributed by atoms with Crippen molar-refractivity contribution in [2.45, 2.75) is 20.0 Å². The van der Waals surface area contributed by atoms with Crippen LogP contribution >= 0.6 is 0 Å². The molecule has 0 N–H and O–H groups in total. The summed E-state index contributed by atoms with van der Waals surface area (Å²) >= 11 is 0. The summed E-state index contributed by atoms with van der Waals surface area (Å²) in [4.78, 5) is 0. The van der Waals surface area contributed by atoms with Crippen molar-refractivity contribution in [3.05, 3.63) is 65.7 Å². The fourth-order valence-electron chi connectivity index (χ4n) is 1.61. The summed E-state index contributed by atoms with van der Waals surface area (Å²) in [5.74, 6) is 0.918. The minimum absolute atomic E-state index is 0.0870. The average molecular weight is 212 g/mol. The lowest BCUT2D eigenvalue weighted by molar-refractivity contribution is 0.227. The Labute approximate surface area is 96.7 Å². The molecule has 2 aromatic carbocycles. The van der Waals surface area contributed by atoms with Gasteiger partial charge in [0.1, 0.15) is 11.9 Å². The van der Waals surface area contributed by atoms with Crippen LogP contribution in [0.3, 0.4) is 0 Å². The zero-order valence-corrected chi connectivity index (χ0v) is 9.68. The van der Waals surface area contributed by atoms with Crippen LogP contribution in [-0.2, 0) is 0 Å². The highest BCUT2D eigenvalue weighted by atomic mass is 16.5. The Balaban J connectivity index is 2.08. The number of hydrogen-bond acceptors (Lipinski definition) is 1. The predicted molar refractivity (Wildman–Crippen MR) is 66.7 cm³/mol. The Morgan fingerprint density at radius 2 is 1.50 bits per heavy atom. The molecular weight excluding hydrogens is 196 g/mol. The van der Waals surface area contributed by atoms with Crippen molar-refractivity contribution in [2.75, 3.05) is 0 Å². The van der Waals surface area contributed by atoms with Gasteiger partial charge in [0.05, 0.1) is 0 Å². The first-order valence-electron chi connectivity index (χ1n) is 5.54. The van der Waals surface area contributed by atoms with E-state index in [0.29, 0.717) is 0 Å². The molecule has 0 aliphatic carbocycles. The van der Waals surface area contributed by atoms with Crippen LogP contribution in [0.5, 0.6) is 5.75 Å². The van der Waals surface area contributed by atoms with Crippen LogP contribution in [0.2, 0.25) is 0 Å². The van der Waals surface area contributed by atoms with Crippen molar-refractivity contribution in [1.82, 2.24) is 0 Å². The molecule has 0 saturated heterocycles. The number of rotatable bonds is 3. The van der Waals surface area contributed by atoms with Gasteiger partial charge >= 0.3 is 0 Å². The number of hydrogen-bond donors (Lipinski definition) is 0. The van der Waals surface area contributed by atoms with E-state index >= 15 is 0 Å². The van der Waals surface area contributed by atoms with Gasteiger partial charge in [-0.1, -0.05) is 48.0 Å². The van der Waals surface area contributed by atoms with Gasteiger partial charge in [0.2, 0.25) is 0 Å². The topological polar surface area (TPSA) is 9.23 Å². The third-order valence-corrected chi connectivity index (χ3v) is 2.60. The number of ether oxygens (including phenoxy) is 1. The van der Waals surface area contributed by atoms with Crippen molar-refractivity contribution in [1.29, 1.82) is 0 Å². The first-order chi connectivity index (χ1) is 7.75. The lowest BCUT2D eigenvalue weighted by Crippen LogP contribution is -2.02. The molecule has 2 rings (SSSR count). The molecule has 0 aromatic heterocycles. The van der Waals surface area contributed by atoms with E-state index in [4.69, 9.17) is 4.74 Å². The van der Waals surface area contributed by atoms with Crippen LogP contribution in [0, 0.1) is 6.92 Å². The summed E-state index contributed by atoms with van der Waals surface area (Å²) in [6, 6.07) is 18.4. The minimum Gasteiger partial charge on any atom is -0.486 e. The lowest BCUT2D eigenvalue weighted by Gasteiger charge is -2.15. The summed E-state index contributed by atoms with van der Waals surface area (Å²) in [5, 5.41) is 0. The number of benzene rings is 2. The molecule has 1 heteroatoms. The maximum absolute atomic E-state index is 5.86. The van der Waals surface area contributed by atoms with Crippen molar-refractivity contribution >= 4 is 0 Å². The van der Waals surface area contributed by atoms with E-state index in [2.05, 4.69) is 38.1 Å². The summed E-state index contributed by atoms with van der Waals surface area (Å²) in [5.41, 5.74) is 2.45. The second kappa shape index (κ2) is 4.84. The molecular formula is C15H16O. The van der Waals surface area contributed by atoms with Gasteiger partial charge in [0, 0.05) is 0 Å². The molecule has 0 spiro atoms. The first kappa shape index (κ1) is 10.7. The fraction of sp³-hybridized carbons (Fsp3) is 0.200. The summed E-state index contributed by atoms with van der Waals surface area (Å²) < 4.78 is 5.86. The molecule has 0 amide bonds. The smallest absolute Gasteiger partial charge is 0.121 e. The van der Waals surface area contributed by atoms with Gasteiger partial charge in [-0.2, -0.15) is 0 Å². The third kappa shape index (κ3) is 2.63. The van der Waals surface area contributed by atoms with E-state index in [9.17, 15) is 0 Å². The molecule has 82 valence electrons. The lowest BCUT2D eigenvalue weighted by atomic mass is 10.1. The van der Waals surface area contributed by atoms with Crippen LogP contribution in [0.4, 0.5) is 0 Å². The molecule has 1 atom stereocenters. The van der Waals surface area contributed by atoms with Gasteiger partial charge < -0.3 is 4.74 Å². The normalized spacial score (nSPS) is 12.1. The predicted octanol–water partition coefficient (Wildman–Crippen LogP) is 4.14.